The molecule has 3 aromatic heterocycles. The molecule has 11 heteroatoms. The number of hydrogen-bond acceptors (Lipinski definition) is 8. The van der Waals surface area contributed by atoms with Crippen LogP contribution in [0.5, 0.6) is 5.75 Å². The third-order valence-corrected chi connectivity index (χ3v) is 6.16. The van der Waals surface area contributed by atoms with Gasteiger partial charge in [0.1, 0.15) is 11.4 Å². The van der Waals surface area contributed by atoms with E-state index < -0.39 is 5.91 Å². The number of carbonyl (C=O) groups is 1. The zero-order valence-electron chi connectivity index (χ0n) is 21.2. The van der Waals surface area contributed by atoms with Crippen LogP contribution in [0.1, 0.15) is 10.5 Å². The van der Waals surface area contributed by atoms with Crippen LogP contribution in [0.25, 0.3) is 22.2 Å². The second kappa shape index (κ2) is 10.3. The Balaban J connectivity index is 1.50. The van der Waals surface area contributed by atoms with E-state index in [0.29, 0.717) is 23.1 Å². The van der Waals surface area contributed by atoms with E-state index in [1.54, 1.807) is 19.4 Å². The van der Waals surface area contributed by atoms with E-state index in [9.17, 15) is 4.79 Å². The predicted molar refractivity (Wildman–Crippen MR) is 150 cm³/mol. The largest absolute Gasteiger partial charge is 0.494 e. The number of para-hydroxylation sites is 1. The highest BCUT2D eigenvalue weighted by atomic mass is 35.5. The van der Waals surface area contributed by atoms with E-state index in [-0.39, 0.29) is 11.0 Å². The number of amides is 1. The van der Waals surface area contributed by atoms with Crippen LogP contribution in [-0.2, 0) is 7.05 Å². The minimum atomic E-state index is -0.428. The maximum Gasteiger partial charge on any atom is 0.274 e. The monoisotopic (exact) mass is 528 g/mol. The fourth-order valence-electron chi connectivity index (χ4n) is 4.19. The fourth-order valence-corrected chi connectivity index (χ4v) is 4.34. The lowest BCUT2D eigenvalue weighted by molar-refractivity contribution is 0.102. The molecule has 192 valence electrons. The number of anilines is 4. The Labute approximate surface area is 224 Å². The number of benzene rings is 2. The number of nitrogens with one attached hydrogen (secondary N) is 2. The summed E-state index contributed by atoms with van der Waals surface area (Å²) < 4.78 is 7.72. The van der Waals surface area contributed by atoms with Crippen molar-refractivity contribution in [3.05, 3.63) is 78.1 Å². The Kier molecular flexibility index (Phi) is 6.80. The lowest BCUT2D eigenvalue weighted by Gasteiger charge is -2.21. The molecule has 1 amide bonds. The van der Waals surface area contributed by atoms with Gasteiger partial charge in [0, 0.05) is 62.3 Å². The first-order valence-corrected chi connectivity index (χ1v) is 12.1. The molecule has 2 N–H and O–H groups in total. The molecule has 0 fully saturated rings. The van der Waals surface area contributed by atoms with Crippen molar-refractivity contribution in [2.45, 2.75) is 0 Å². The summed E-state index contributed by atoms with van der Waals surface area (Å²) in [6.07, 6.45) is 5.18. The molecule has 2 aromatic carbocycles. The SMILES string of the molecule is COc1cc(N(C)C)c(NC(=O)c2ccnc(Cl)n2)cc1Nc1nccc(-c2cn(C)c3ccccc23)n1. The summed E-state index contributed by atoms with van der Waals surface area (Å²) >= 11 is 5.87. The van der Waals surface area contributed by atoms with Gasteiger partial charge in [0.15, 0.2) is 0 Å². The van der Waals surface area contributed by atoms with E-state index in [2.05, 4.69) is 48.5 Å². The average Bonchev–Trinajstić information content (AvgIpc) is 3.25. The number of methoxy groups -OCH3 is 1. The van der Waals surface area contributed by atoms with Gasteiger partial charge in [0.25, 0.3) is 5.91 Å². The van der Waals surface area contributed by atoms with Crippen LogP contribution in [0, 0.1) is 0 Å². The van der Waals surface area contributed by atoms with Crippen molar-refractivity contribution in [2.24, 2.45) is 7.05 Å². The lowest BCUT2D eigenvalue weighted by atomic mass is 10.1. The highest BCUT2D eigenvalue weighted by Gasteiger charge is 2.18. The molecule has 3 heterocycles. The predicted octanol–water partition coefficient (Wildman–Crippen LogP) is 5.15. The van der Waals surface area contributed by atoms with Gasteiger partial charge < -0.3 is 24.8 Å². The quantitative estimate of drug-likeness (QED) is 0.279. The molecular formula is C27H25ClN8O2. The van der Waals surface area contributed by atoms with Crippen LogP contribution in [0.4, 0.5) is 23.0 Å². The van der Waals surface area contributed by atoms with Gasteiger partial charge >= 0.3 is 0 Å². The first-order chi connectivity index (χ1) is 18.3. The van der Waals surface area contributed by atoms with Gasteiger partial charge in [-0.25, -0.2) is 19.9 Å². The molecule has 0 unspecified atom stereocenters. The van der Waals surface area contributed by atoms with Crippen molar-refractivity contribution in [3.8, 4) is 17.0 Å². The molecule has 5 aromatic rings. The number of carbonyl (C=O) groups excluding carboxylic acids is 1. The van der Waals surface area contributed by atoms with Crippen LogP contribution in [0.3, 0.4) is 0 Å². The Hall–Kier alpha value is -4.70. The number of fused-ring (bicyclic) bond motifs is 1. The maximum atomic E-state index is 12.9. The van der Waals surface area contributed by atoms with Gasteiger partial charge in [0.05, 0.1) is 29.9 Å². The summed E-state index contributed by atoms with van der Waals surface area (Å²) in [5.41, 5.74) is 4.86. The third-order valence-electron chi connectivity index (χ3n) is 5.98. The van der Waals surface area contributed by atoms with E-state index >= 15 is 0 Å². The van der Waals surface area contributed by atoms with E-state index in [4.69, 9.17) is 21.3 Å². The molecule has 0 aliphatic carbocycles. The highest BCUT2D eigenvalue weighted by Crippen LogP contribution is 2.38. The third kappa shape index (κ3) is 4.94. The smallest absolute Gasteiger partial charge is 0.274 e. The highest BCUT2D eigenvalue weighted by molar-refractivity contribution is 6.28. The topological polar surface area (TPSA) is 110 Å². The summed E-state index contributed by atoms with van der Waals surface area (Å²) in [7, 11) is 7.33. The number of nitrogens with zero attached hydrogens (tertiary/aromatic N) is 6. The fraction of sp³-hybridized carbons (Fsp3) is 0.148. The average molecular weight is 529 g/mol. The van der Waals surface area contributed by atoms with Crippen LogP contribution in [0.15, 0.2) is 67.1 Å². The van der Waals surface area contributed by atoms with Crippen LogP contribution in [0.2, 0.25) is 5.28 Å². The zero-order valence-corrected chi connectivity index (χ0v) is 22.0. The molecule has 38 heavy (non-hydrogen) atoms. The molecule has 5 rings (SSSR count). The van der Waals surface area contributed by atoms with Crippen molar-refractivity contribution in [2.75, 3.05) is 36.7 Å². The summed E-state index contributed by atoms with van der Waals surface area (Å²) in [6, 6.07) is 15.1. The number of aryl methyl sites for hydroxylation is 1. The summed E-state index contributed by atoms with van der Waals surface area (Å²) in [5.74, 6) is 0.504. The lowest BCUT2D eigenvalue weighted by Crippen LogP contribution is -2.18. The maximum absolute atomic E-state index is 12.9. The second-order valence-electron chi connectivity index (χ2n) is 8.69. The Morgan fingerprint density at radius 1 is 1.03 bits per heavy atom. The summed E-state index contributed by atoms with van der Waals surface area (Å²) in [6.45, 7) is 0. The molecule has 0 saturated heterocycles. The second-order valence-corrected chi connectivity index (χ2v) is 9.03. The Morgan fingerprint density at radius 2 is 1.82 bits per heavy atom. The number of ether oxygens (including phenoxy) is 1. The van der Waals surface area contributed by atoms with Crippen molar-refractivity contribution in [3.63, 3.8) is 0 Å². The first kappa shape index (κ1) is 25.0. The molecule has 0 bridgehead atoms. The number of halogens is 1. The summed E-state index contributed by atoms with van der Waals surface area (Å²) in [4.78, 5) is 31.8. The molecule has 0 radical (unpaired) electrons. The van der Waals surface area contributed by atoms with Gasteiger partial charge in [-0.15, -0.1) is 0 Å². The van der Waals surface area contributed by atoms with Crippen LogP contribution < -0.4 is 20.3 Å². The summed E-state index contributed by atoms with van der Waals surface area (Å²) in [5, 5.41) is 7.24. The van der Waals surface area contributed by atoms with E-state index in [1.807, 2.05) is 50.3 Å². The molecule has 0 atom stereocenters. The standard InChI is InChI=1S/C27H25ClN8O2/c1-35(2)23-14-24(38-4)21(13-20(23)31-25(37)19-10-11-29-26(28)32-19)34-27-30-12-9-18(33-27)17-15-36(3)22-8-6-5-7-16(17)22/h5-15H,1-4H3,(H,31,37)(H,30,33,34). The number of aromatic nitrogens is 5. The van der Waals surface area contributed by atoms with Crippen LogP contribution in [-0.4, -0.2) is 51.6 Å². The van der Waals surface area contributed by atoms with Crippen molar-refractivity contribution < 1.29 is 9.53 Å². The zero-order chi connectivity index (χ0) is 26.8. The minimum absolute atomic E-state index is 0.00852. The molecule has 0 spiro atoms. The molecule has 0 saturated carbocycles. The van der Waals surface area contributed by atoms with Crippen LogP contribution >= 0.6 is 11.6 Å². The number of hydrogen-bond donors (Lipinski definition) is 2. The van der Waals surface area contributed by atoms with Gasteiger partial charge in [-0.1, -0.05) is 18.2 Å². The molecule has 0 aliphatic rings. The van der Waals surface area contributed by atoms with Crippen molar-refractivity contribution in [1.82, 2.24) is 24.5 Å². The van der Waals surface area contributed by atoms with Crippen molar-refractivity contribution in [1.29, 1.82) is 0 Å². The Bertz CT molecular complexity index is 1650. The van der Waals surface area contributed by atoms with E-state index in [0.717, 1.165) is 27.8 Å². The first-order valence-electron chi connectivity index (χ1n) is 11.7. The van der Waals surface area contributed by atoms with Gasteiger partial charge in [-0.05, 0) is 35.9 Å². The molecule has 0 aliphatic heterocycles. The van der Waals surface area contributed by atoms with E-state index in [1.165, 1.54) is 12.3 Å². The van der Waals surface area contributed by atoms with Gasteiger partial charge in [-0.3, -0.25) is 4.79 Å². The molecular weight excluding hydrogens is 504 g/mol. The van der Waals surface area contributed by atoms with Crippen molar-refractivity contribution >= 4 is 51.4 Å². The Morgan fingerprint density at radius 3 is 2.58 bits per heavy atom. The minimum Gasteiger partial charge on any atom is -0.494 e. The normalized spacial score (nSPS) is 10.9. The van der Waals surface area contributed by atoms with Gasteiger partial charge in [0.2, 0.25) is 11.2 Å². The number of rotatable bonds is 7. The van der Waals surface area contributed by atoms with Gasteiger partial charge in [-0.2, -0.15) is 0 Å². The molecule has 10 nitrogen and oxygen atoms in total.